The van der Waals surface area contributed by atoms with Gasteiger partial charge in [0, 0.05) is 43.8 Å². The van der Waals surface area contributed by atoms with Crippen LogP contribution in [-0.2, 0) is 6.54 Å². The maximum absolute atomic E-state index is 12.3. The molecule has 1 saturated heterocycles. The van der Waals surface area contributed by atoms with Crippen molar-refractivity contribution >= 4 is 17.5 Å². The van der Waals surface area contributed by atoms with Crippen LogP contribution in [-0.4, -0.2) is 50.5 Å². The van der Waals surface area contributed by atoms with Crippen LogP contribution in [0.25, 0.3) is 11.3 Å². The Morgan fingerprint density at radius 3 is 3.03 bits per heavy atom. The quantitative estimate of drug-likeness (QED) is 0.527. The second-order valence-electron chi connectivity index (χ2n) is 7.00. The van der Waals surface area contributed by atoms with Crippen molar-refractivity contribution in [1.29, 1.82) is 0 Å². The summed E-state index contributed by atoms with van der Waals surface area (Å²) < 4.78 is 0. The van der Waals surface area contributed by atoms with Crippen molar-refractivity contribution in [2.24, 2.45) is 0 Å². The third kappa shape index (κ3) is 4.88. The summed E-state index contributed by atoms with van der Waals surface area (Å²) in [5.41, 5.74) is 3.19. The van der Waals surface area contributed by atoms with E-state index in [0.717, 1.165) is 42.0 Å². The minimum atomic E-state index is -0.319. The molecule has 1 unspecified atom stereocenters. The average molecular weight is 393 g/mol. The number of pyridine rings is 2. The number of amides is 2. The van der Waals surface area contributed by atoms with Crippen LogP contribution in [0.5, 0.6) is 0 Å². The number of aliphatic hydroxyl groups excluding tert-OH is 1. The maximum Gasteiger partial charge on any atom is 0.319 e. The van der Waals surface area contributed by atoms with Crippen LogP contribution in [0, 0.1) is 0 Å². The highest BCUT2D eigenvalue weighted by molar-refractivity contribution is 5.89. The molecule has 29 heavy (non-hydrogen) atoms. The number of hydrogen-bond acceptors (Lipinski definition) is 6. The molecular formula is C20H23N7O2. The van der Waals surface area contributed by atoms with Crippen molar-refractivity contribution in [1.82, 2.24) is 25.5 Å². The number of carbonyl (C=O) groups is 1. The lowest BCUT2D eigenvalue weighted by Crippen LogP contribution is -2.38. The number of aromatic nitrogens is 4. The molecule has 1 aliphatic heterocycles. The van der Waals surface area contributed by atoms with Crippen molar-refractivity contribution in [3.05, 3.63) is 54.6 Å². The van der Waals surface area contributed by atoms with Gasteiger partial charge in [0.15, 0.2) is 0 Å². The first-order valence-electron chi connectivity index (χ1n) is 9.55. The number of aliphatic hydroxyl groups is 1. The summed E-state index contributed by atoms with van der Waals surface area (Å²) in [5, 5.41) is 22.3. The van der Waals surface area contributed by atoms with E-state index in [1.165, 1.54) is 0 Å². The number of H-pyrrole nitrogens is 1. The predicted octanol–water partition coefficient (Wildman–Crippen LogP) is 2.15. The predicted molar refractivity (Wildman–Crippen MR) is 109 cm³/mol. The van der Waals surface area contributed by atoms with E-state index < -0.39 is 0 Å². The van der Waals surface area contributed by atoms with Gasteiger partial charge in [-0.25, -0.2) is 9.78 Å². The third-order valence-corrected chi connectivity index (χ3v) is 4.79. The molecule has 3 aromatic rings. The van der Waals surface area contributed by atoms with Gasteiger partial charge in [0.05, 0.1) is 23.7 Å². The number of nitrogens with one attached hydrogen (secondary N) is 3. The molecular weight excluding hydrogens is 370 g/mol. The van der Waals surface area contributed by atoms with Crippen molar-refractivity contribution in [3.8, 4) is 11.3 Å². The number of carbonyl (C=O) groups excluding carboxylic acids is 1. The fourth-order valence-electron chi connectivity index (χ4n) is 3.34. The zero-order chi connectivity index (χ0) is 20.1. The van der Waals surface area contributed by atoms with E-state index in [9.17, 15) is 9.90 Å². The number of hydrogen-bond donors (Lipinski definition) is 4. The van der Waals surface area contributed by atoms with Gasteiger partial charge in [0.2, 0.25) is 0 Å². The van der Waals surface area contributed by atoms with Gasteiger partial charge in [-0.1, -0.05) is 0 Å². The lowest BCUT2D eigenvalue weighted by Gasteiger charge is -2.31. The van der Waals surface area contributed by atoms with Crippen LogP contribution in [0.3, 0.4) is 0 Å². The van der Waals surface area contributed by atoms with E-state index in [0.29, 0.717) is 18.8 Å². The fraction of sp³-hybridized carbons (Fsp3) is 0.300. The number of β-amino-alcohol motifs (C(OH)–C–C–N with tert-alkyl or cyclic N) is 1. The maximum atomic E-state index is 12.3. The Balaban J connectivity index is 1.34. The van der Waals surface area contributed by atoms with Crippen LogP contribution in [0.15, 0.2) is 49.1 Å². The van der Waals surface area contributed by atoms with Crippen molar-refractivity contribution in [2.75, 3.05) is 23.3 Å². The van der Waals surface area contributed by atoms with E-state index in [2.05, 4.69) is 35.7 Å². The van der Waals surface area contributed by atoms with Gasteiger partial charge in [-0.2, -0.15) is 5.10 Å². The SMILES string of the molecule is O=C(NCc1ccnc(N2CCCC(O)C2)c1)Nc1cncc(-c2ccn[nH]2)c1. The van der Waals surface area contributed by atoms with Crippen LogP contribution >= 0.6 is 0 Å². The summed E-state index contributed by atoms with van der Waals surface area (Å²) in [7, 11) is 0. The van der Waals surface area contributed by atoms with E-state index in [4.69, 9.17) is 0 Å². The van der Waals surface area contributed by atoms with E-state index in [1.54, 1.807) is 24.8 Å². The van der Waals surface area contributed by atoms with Gasteiger partial charge >= 0.3 is 6.03 Å². The molecule has 9 nitrogen and oxygen atoms in total. The molecule has 150 valence electrons. The Bertz CT molecular complexity index is 961. The molecule has 0 aliphatic carbocycles. The molecule has 9 heteroatoms. The highest BCUT2D eigenvalue weighted by Crippen LogP contribution is 2.20. The Morgan fingerprint density at radius 1 is 1.28 bits per heavy atom. The molecule has 0 saturated carbocycles. The van der Waals surface area contributed by atoms with Gasteiger partial charge < -0.3 is 20.6 Å². The Kier molecular flexibility index (Phi) is 5.66. The van der Waals surface area contributed by atoms with Crippen LogP contribution in [0.2, 0.25) is 0 Å². The monoisotopic (exact) mass is 393 g/mol. The van der Waals surface area contributed by atoms with Crippen LogP contribution in [0.1, 0.15) is 18.4 Å². The van der Waals surface area contributed by atoms with Crippen molar-refractivity contribution in [3.63, 3.8) is 0 Å². The standard InChI is InChI=1S/C20H23N7O2/c28-17-2-1-7-27(13-17)19-8-14(3-5-22-19)10-23-20(29)25-16-9-15(11-21-12-16)18-4-6-24-26-18/h3-6,8-9,11-12,17,28H,1-2,7,10,13H2,(H,24,26)(H2,23,25,29). The highest BCUT2D eigenvalue weighted by atomic mass is 16.3. The molecule has 1 aliphatic rings. The topological polar surface area (TPSA) is 119 Å². The van der Waals surface area contributed by atoms with E-state index in [1.807, 2.05) is 24.3 Å². The van der Waals surface area contributed by atoms with Crippen molar-refractivity contribution in [2.45, 2.75) is 25.5 Å². The first-order chi connectivity index (χ1) is 14.2. The molecule has 0 aromatic carbocycles. The molecule has 0 spiro atoms. The minimum Gasteiger partial charge on any atom is -0.391 e. The molecule has 0 radical (unpaired) electrons. The number of rotatable bonds is 5. The summed E-state index contributed by atoms with van der Waals surface area (Å²) in [6, 6.07) is 7.15. The van der Waals surface area contributed by atoms with Crippen LogP contribution in [0.4, 0.5) is 16.3 Å². The molecule has 1 atom stereocenters. The summed E-state index contributed by atoms with van der Waals surface area (Å²) in [4.78, 5) is 22.9. The number of urea groups is 1. The minimum absolute atomic E-state index is 0.316. The van der Waals surface area contributed by atoms with E-state index in [-0.39, 0.29) is 12.1 Å². The zero-order valence-corrected chi connectivity index (χ0v) is 15.9. The summed E-state index contributed by atoms with van der Waals surface area (Å²) in [6.07, 6.45) is 8.13. The normalized spacial score (nSPS) is 16.4. The number of piperidine rings is 1. The van der Waals surface area contributed by atoms with Crippen molar-refractivity contribution < 1.29 is 9.90 Å². The molecule has 4 N–H and O–H groups in total. The smallest absolute Gasteiger partial charge is 0.319 e. The zero-order valence-electron chi connectivity index (χ0n) is 15.9. The average Bonchev–Trinajstić information content (AvgIpc) is 3.28. The lowest BCUT2D eigenvalue weighted by atomic mass is 10.1. The molecule has 2 amide bonds. The molecule has 0 bridgehead atoms. The highest BCUT2D eigenvalue weighted by Gasteiger charge is 2.19. The second-order valence-corrected chi connectivity index (χ2v) is 7.00. The molecule has 3 aromatic heterocycles. The number of anilines is 2. The molecule has 4 heterocycles. The van der Waals surface area contributed by atoms with E-state index >= 15 is 0 Å². The summed E-state index contributed by atoms with van der Waals surface area (Å²) in [6.45, 7) is 1.83. The van der Waals surface area contributed by atoms with Gasteiger partial charge in [-0.3, -0.25) is 10.1 Å². The second kappa shape index (κ2) is 8.70. The Hall–Kier alpha value is -3.46. The number of nitrogens with zero attached hydrogens (tertiary/aromatic N) is 4. The molecule has 1 fully saturated rings. The third-order valence-electron chi connectivity index (χ3n) is 4.79. The lowest BCUT2D eigenvalue weighted by molar-refractivity contribution is 0.154. The molecule has 4 rings (SSSR count). The van der Waals surface area contributed by atoms with Gasteiger partial charge in [-0.15, -0.1) is 0 Å². The number of aromatic amines is 1. The first kappa shape index (κ1) is 18.9. The van der Waals surface area contributed by atoms with Gasteiger partial charge in [0.1, 0.15) is 5.82 Å². The van der Waals surface area contributed by atoms with Crippen LogP contribution < -0.4 is 15.5 Å². The summed E-state index contributed by atoms with van der Waals surface area (Å²) in [5.74, 6) is 0.819. The Morgan fingerprint density at radius 2 is 2.21 bits per heavy atom. The summed E-state index contributed by atoms with van der Waals surface area (Å²) >= 11 is 0. The Labute approximate surface area is 168 Å². The first-order valence-corrected chi connectivity index (χ1v) is 9.55. The largest absolute Gasteiger partial charge is 0.391 e. The fourth-order valence-corrected chi connectivity index (χ4v) is 3.34. The van der Waals surface area contributed by atoms with Gasteiger partial charge in [0.25, 0.3) is 0 Å². The van der Waals surface area contributed by atoms with Gasteiger partial charge in [-0.05, 0) is 42.7 Å².